The molecule has 14 heavy (non-hydrogen) atoms. The summed E-state index contributed by atoms with van der Waals surface area (Å²) in [5, 5.41) is 3.57. The Morgan fingerprint density at radius 3 is 2.71 bits per heavy atom. The van der Waals surface area contributed by atoms with Crippen molar-refractivity contribution >= 4 is 33.4 Å². The second-order valence-electron chi connectivity index (χ2n) is 3.57. The molecule has 0 amide bonds. The lowest BCUT2D eigenvalue weighted by molar-refractivity contribution is 0.685. The van der Waals surface area contributed by atoms with E-state index in [4.69, 9.17) is 0 Å². The molecule has 1 nitrogen and oxygen atoms in total. The zero-order valence-electron chi connectivity index (χ0n) is 8.00. The van der Waals surface area contributed by atoms with E-state index in [0.29, 0.717) is 6.04 Å². The van der Waals surface area contributed by atoms with Crippen LogP contribution in [0, 0.1) is 0 Å². The monoisotopic (exact) mass is 271 g/mol. The highest BCUT2D eigenvalue weighted by molar-refractivity contribution is 9.10. The molecular weight excluding hydrogens is 258 g/mol. The fourth-order valence-corrected chi connectivity index (χ4v) is 2.97. The Bertz CT molecular complexity index is 280. The summed E-state index contributed by atoms with van der Waals surface area (Å²) in [7, 11) is 0. The number of hydrogen-bond acceptors (Lipinski definition) is 2. The Morgan fingerprint density at radius 1 is 1.29 bits per heavy atom. The minimum Gasteiger partial charge on any atom is -0.381 e. The van der Waals surface area contributed by atoms with Crippen molar-refractivity contribution in [3.8, 4) is 0 Å². The molecule has 0 radical (unpaired) electrons. The standard InChI is InChI=1S/C11H14BrNS/c12-9-3-5-10(6-4-9)13-11-2-1-7-14-8-11/h3-6,11,13H,1-2,7-8H2. The van der Waals surface area contributed by atoms with Crippen molar-refractivity contribution in [2.75, 3.05) is 16.8 Å². The van der Waals surface area contributed by atoms with Crippen molar-refractivity contribution in [3.63, 3.8) is 0 Å². The van der Waals surface area contributed by atoms with E-state index in [1.807, 2.05) is 0 Å². The van der Waals surface area contributed by atoms with Crippen molar-refractivity contribution < 1.29 is 0 Å². The fraction of sp³-hybridized carbons (Fsp3) is 0.455. The van der Waals surface area contributed by atoms with Crippen molar-refractivity contribution in [1.29, 1.82) is 0 Å². The summed E-state index contributed by atoms with van der Waals surface area (Å²) in [6.07, 6.45) is 2.65. The number of halogens is 1. The van der Waals surface area contributed by atoms with E-state index < -0.39 is 0 Å². The SMILES string of the molecule is Brc1ccc(NC2CCCSC2)cc1. The second kappa shape index (κ2) is 5.08. The molecule has 1 saturated heterocycles. The van der Waals surface area contributed by atoms with Gasteiger partial charge in [-0.3, -0.25) is 0 Å². The van der Waals surface area contributed by atoms with Crippen LogP contribution in [0.5, 0.6) is 0 Å². The maximum Gasteiger partial charge on any atom is 0.0352 e. The van der Waals surface area contributed by atoms with Crippen LogP contribution in [-0.4, -0.2) is 17.5 Å². The summed E-state index contributed by atoms with van der Waals surface area (Å²) in [6, 6.07) is 9.08. The molecule has 0 aliphatic carbocycles. The molecule has 1 aromatic carbocycles. The Hall–Kier alpha value is -0.150. The van der Waals surface area contributed by atoms with Crippen LogP contribution in [0.15, 0.2) is 28.7 Å². The van der Waals surface area contributed by atoms with Gasteiger partial charge < -0.3 is 5.32 Å². The molecule has 76 valence electrons. The summed E-state index contributed by atoms with van der Waals surface area (Å²) in [4.78, 5) is 0. The Labute approximate surface area is 97.8 Å². The third-order valence-electron chi connectivity index (χ3n) is 2.38. The van der Waals surface area contributed by atoms with Gasteiger partial charge in [-0.05, 0) is 42.9 Å². The van der Waals surface area contributed by atoms with E-state index in [0.717, 1.165) is 4.47 Å². The lowest BCUT2D eigenvalue weighted by Crippen LogP contribution is -2.25. The van der Waals surface area contributed by atoms with Gasteiger partial charge in [0.05, 0.1) is 0 Å². The molecule has 1 aliphatic heterocycles. The summed E-state index contributed by atoms with van der Waals surface area (Å²) in [5.74, 6) is 2.58. The zero-order chi connectivity index (χ0) is 9.80. The molecular formula is C11H14BrNS. The average Bonchev–Trinajstić information content (AvgIpc) is 2.23. The Kier molecular flexibility index (Phi) is 3.76. The summed E-state index contributed by atoms with van der Waals surface area (Å²) < 4.78 is 1.14. The van der Waals surface area contributed by atoms with Gasteiger partial charge in [0.15, 0.2) is 0 Å². The van der Waals surface area contributed by atoms with Crippen molar-refractivity contribution in [2.45, 2.75) is 18.9 Å². The molecule has 1 unspecified atom stereocenters. The van der Waals surface area contributed by atoms with E-state index in [-0.39, 0.29) is 0 Å². The third kappa shape index (κ3) is 2.92. The van der Waals surface area contributed by atoms with Crippen LogP contribution >= 0.6 is 27.7 Å². The van der Waals surface area contributed by atoms with Crippen LogP contribution < -0.4 is 5.32 Å². The number of rotatable bonds is 2. The van der Waals surface area contributed by atoms with Crippen LogP contribution in [-0.2, 0) is 0 Å². The summed E-state index contributed by atoms with van der Waals surface area (Å²) >= 11 is 5.49. The number of thioether (sulfide) groups is 1. The predicted octanol–water partition coefficient (Wildman–Crippen LogP) is 3.76. The van der Waals surface area contributed by atoms with Gasteiger partial charge in [-0.25, -0.2) is 0 Å². The van der Waals surface area contributed by atoms with Gasteiger partial charge >= 0.3 is 0 Å². The van der Waals surface area contributed by atoms with Crippen LogP contribution in [0.4, 0.5) is 5.69 Å². The molecule has 3 heteroatoms. The molecule has 1 N–H and O–H groups in total. The molecule has 1 aliphatic rings. The maximum atomic E-state index is 3.57. The van der Waals surface area contributed by atoms with Crippen LogP contribution in [0.1, 0.15) is 12.8 Å². The molecule has 1 heterocycles. The van der Waals surface area contributed by atoms with E-state index >= 15 is 0 Å². The van der Waals surface area contributed by atoms with Crippen LogP contribution in [0.25, 0.3) is 0 Å². The quantitative estimate of drug-likeness (QED) is 0.879. The first kappa shape index (κ1) is 10.4. The normalized spacial score (nSPS) is 21.9. The lowest BCUT2D eigenvalue weighted by Gasteiger charge is -2.23. The zero-order valence-corrected chi connectivity index (χ0v) is 10.4. The molecule has 0 spiro atoms. The molecule has 0 aromatic heterocycles. The van der Waals surface area contributed by atoms with Crippen LogP contribution in [0.2, 0.25) is 0 Å². The van der Waals surface area contributed by atoms with Gasteiger partial charge in [-0.2, -0.15) is 11.8 Å². The number of anilines is 1. The summed E-state index contributed by atoms with van der Waals surface area (Å²) in [5.41, 5.74) is 1.24. The highest BCUT2D eigenvalue weighted by Crippen LogP contribution is 2.21. The van der Waals surface area contributed by atoms with Gasteiger partial charge in [0.25, 0.3) is 0 Å². The van der Waals surface area contributed by atoms with Gasteiger partial charge in [0.1, 0.15) is 0 Å². The Balaban J connectivity index is 1.92. The fourth-order valence-electron chi connectivity index (χ4n) is 1.64. The number of nitrogens with one attached hydrogen (secondary N) is 1. The second-order valence-corrected chi connectivity index (χ2v) is 5.63. The maximum absolute atomic E-state index is 3.57. The van der Waals surface area contributed by atoms with E-state index in [2.05, 4.69) is 57.3 Å². The van der Waals surface area contributed by atoms with E-state index in [9.17, 15) is 0 Å². The lowest BCUT2D eigenvalue weighted by atomic mass is 10.2. The molecule has 1 atom stereocenters. The molecule has 2 rings (SSSR count). The van der Waals surface area contributed by atoms with E-state index in [1.54, 1.807) is 0 Å². The molecule has 0 bridgehead atoms. The number of benzene rings is 1. The largest absolute Gasteiger partial charge is 0.381 e. The first-order chi connectivity index (χ1) is 6.84. The van der Waals surface area contributed by atoms with Crippen LogP contribution in [0.3, 0.4) is 0 Å². The molecule has 0 saturated carbocycles. The van der Waals surface area contributed by atoms with Gasteiger partial charge in [0, 0.05) is 22.0 Å². The van der Waals surface area contributed by atoms with Crippen molar-refractivity contribution in [1.82, 2.24) is 0 Å². The highest BCUT2D eigenvalue weighted by Gasteiger charge is 2.12. The van der Waals surface area contributed by atoms with Crippen molar-refractivity contribution in [2.24, 2.45) is 0 Å². The van der Waals surface area contributed by atoms with Gasteiger partial charge in [-0.1, -0.05) is 15.9 Å². The molecule has 1 aromatic rings. The topological polar surface area (TPSA) is 12.0 Å². The predicted molar refractivity (Wildman–Crippen MR) is 68.1 cm³/mol. The Morgan fingerprint density at radius 2 is 2.07 bits per heavy atom. The minimum absolute atomic E-state index is 0.662. The minimum atomic E-state index is 0.662. The first-order valence-corrected chi connectivity index (χ1v) is 6.89. The van der Waals surface area contributed by atoms with Crippen molar-refractivity contribution in [3.05, 3.63) is 28.7 Å². The molecule has 1 fully saturated rings. The first-order valence-electron chi connectivity index (χ1n) is 4.94. The van der Waals surface area contributed by atoms with E-state index in [1.165, 1.54) is 30.0 Å². The smallest absolute Gasteiger partial charge is 0.0352 e. The van der Waals surface area contributed by atoms with Gasteiger partial charge in [0.2, 0.25) is 0 Å². The number of hydrogen-bond donors (Lipinski definition) is 1. The average molecular weight is 272 g/mol. The van der Waals surface area contributed by atoms with Gasteiger partial charge in [-0.15, -0.1) is 0 Å². The summed E-state index contributed by atoms with van der Waals surface area (Å²) in [6.45, 7) is 0. The highest BCUT2D eigenvalue weighted by atomic mass is 79.9. The third-order valence-corrected chi connectivity index (χ3v) is 4.12.